The summed E-state index contributed by atoms with van der Waals surface area (Å²) in [6, 6.07) is 3.73. The highest BCUT2D eigenvalue weighted by Gasteiger charge is 2.20. The third-order valence-corrected chi connectivity index (χ3v) is 4.62. The molecule has 1 fully saturated rings. The van der Waals surface area contributed by atoms with E-state index in [1.807, 2.05) is 10.9 Å². The SMILES string of the molecule is Cn1cccc1CN1CCC(Cn2cc(CNC(N)=O)nn2)CC1. The first-order valence-corrected chi connectivity index (χ1v) is 8.35. The van der Waals surface area contributed by atoms with Crippen LogP contribution in [0.2, 0.25) is 0 Å². The van der Waals surface area contributed by atoms with E-state index < -0.39 is 6.03 Å². The summed E-state index contributed by atoms with van der Waals surface area (Å²) in [6.07, 6.45) is 6.31. The molecule has 8 nitrogen and oxygen atoms in total. The molecule has 2 aromatic heterocycles. The largest absolute Gasteiger partial charge is 0.353 e. The average Bonchev–Trinajstić information content (AvgIpc) is 3.17. The zero-order valence-electron chi connectivity index (χ0n) is 14.1. The second kappa shape index (κ2) is 7.48. The zero-order valence-corrected chi connectivity index (χ0v) is 14.1. The lowest BCUT2D eigenvalue weighted by Gasteiger charge is -2.31. The Morgan fingerprint density at radius 3 is 2.88 bits per heavy atom. The first kappa shape index (κ1) is 16.5. The Balaban J connectivity index is 1.44. The van der Waals surface area contributed by atoms with Crippen molar-refractivity contribution < 1.29 is 4.79 Å². The average molecular weight is 331 g/mol. The third kappa shape index (κ3) is 4.35. The quantitative estimate of drug-likeness (QED) is 0.814. The van der Waals surface area contributed by atoms with E-state index in [2.05, 4.69) is 50.5 Å². The van der Waals surface area contributed by atoms with Crippen molar-refractivity contribution in [2.45, 2.75) is 32.5 Å². The van der Waals surface area contributed by atoms with E-state index in [4.69, 9.17) is 5.73 Å². The summed E-state index contributed by atoms with van der Waals surface area (Å²) in [6.45, 7) is 4.44. The van der Waals surface area contributed by atoms with E-state index in [1.165, 1.54) is 18.5 Å². The van der Waals surface area contributed by atoms with Crippen LogP contribution in [0.3, 0.4) is 0 Å². The van der Waals surface area contributed by atoms with Crippen molar-refractivity contribution in [3.63, 3.8) is 0 Å². The van der Waals surface area contributed by atoms with E-state index in [9.17, 15) is 4.79 Å². The van der Waals surface area contributed by atoms with Crippen LogP contribution in [-0.4, -0.2) is 43.6 Å². The van der Waals surface area contributed by atoms with Gasteiger partial charge in [0.2, 0.25) is 0 Å². The Hall–Kier alpha value is -2.35. The molecule has 1 aliphatic heterocycles. The van der Waals surface area contributed by atoms with Crippen LogP contribution < -0.4 is 11.1 Å². The van der Waals surface area contributed by atoms with Gasteiger partial charge < -0.3 is 15.6 Å². The van der Waals surface area contributed by atoms with Gasteiger partial charge in [0.1, 0.15) is 5.69 Å². The fourth-order valence-electron chi connectivity index (χ4n) is 3.17. The summed E-state index contributed by atoms with van der Waals surface area (Å²) < 4.78 is 4.05. The number of carbonyl (C=O) groups is 1. The predicted octanol–water partition coefficient (Wildman–Crippen LogP) is 0.697. The van der Waals surface area contributed by atoms with Gasteiger partial charge in [0.25, 0.3) is 0 Å². The molecule has 0 spiro atoms. The van der Waals surface area contributed by atoms with Gasteiger partial charge in [0.05, 0.1) is 12.7 Å². The van der Waals surface area contributed by atoms with E-state index >= 15 is 0 Å². The molecule has 8 heteroatoms. The van der Waals surface area contributed by atoms with Gasteiger partial charge in [-0.15, -0.1) is 5.10 Å². The molecule has 130 valence electrons. The number of nitrogens with one attached hydrogen (secondary N) is 1. The van der Waals surface area contributed by atoms with E-state index in [0.717, 1.165) is 31.9 Å². The minimum absolute atomic E-state index is 0.324. The van der Waals surface area contributed by atoms with Crippen molar-refractivity contribution in [3.8, 4) is 0 Å². The van der Waals surface area contributed by atoms with Crippen molar-refractivity contribution in [2.75, 3.05) is 13.1 Å². The van der Waals surface area contributed by atoms with Crippen LogP contribution in [0.1, 0.15) is 24.2 Å². The molecule has 2 aromatic rings. The molecule has 2 amide bonds. The fraction of sp³-hybridized carbons (Fsp3) is 0.562. The van der Waals surface area contributed by atoms with Crippen molar-refractivity contribution in [1.82, 2.24) is 29.8 Å². The van der Waals surface area contributed by atoms with Gasteiger partial charge in [0.15, 0.2) is 0 Å². The topological polar surface area (TPSA) is 94.0 Å². The molecule has 1 aliphatic rings. The van der Waals surface area contributed by atoms with Crippen LogP contribution in [0.25, 0.3) is 0 Å². The number of hydrogen-bond donors (Lipinski definition) is 2. The lowest BCUT2D eigenvalue weighted by molar-refractivity contribution is 0.161. The van der Waals surface area contributed by atoms with Crippen LogP contribution in [0.5, 0.6) is 0 Å². The number of primary amides is 1. The minimum atomic E-state index is -0.546. The standard InChI is InChI=1S/C16H25N7O/c1-21-6-2-3-15(21)12-22-7-4-13(5-8-22)10-23-11-14(19-20-23)9-18-16(17)24/h2-3,6,11,13H,4-5,7-10,12H2,1H3,(H3,17,18,24). The van der Waals surface area contributed by atoms with Gasteiger partial charge in [0, 0.05) is 32.0 Å². The molecule has 0 saturated carbocycles. The maximum absolute atomic E-state index is 10.7. The second-order valence-corrected chi connectivity index (χ2v) is 6.48. The molecular weight excluding hydrogens is 306 g/mol. The lowest BCUT2D eigenvalue weighted by atomic mass is 9.97. The molecule has 3 heterocycles. The van der Waals surface area contributed by atoms with E-state index in [-0.39, 0.29) is 0 Å². The summed E-state index contributed by atoms with van der Waals surface area (Å²) in [4.78, 5) is 13.2. The summed E-state index contributed by atoms with van der Waals surface area (Å²) in [5, 5.41) is 10.7. The van der Waals surface area contributed by atoms with Crippen LogP contribution in [0.15, 0.2) is 24.5 Å². The Kier molecular flexibility index (Phi) is 5.14. The maximum Gasteiger partial charge on any atom is 0.312 e. The van der Waals surface area contributed by atoms with Crippen molar-refractivity contribution >= 4 is 6.03 Å². The number of urea groups is 1. The first-order valence-electron chi connectivity index (χ1n) is 8.35. The molecule has 0 bridgehead atoms. The summed E-state index contributed by atoms with van der Waals surface area (Å²) >= 11 is 0. The number of carbonyl (C=O) groups excluding carboxylic acids is 1. The maximum atomic E-state index is 10.7. The number of nitrogens with two attached hydrogens (primary N) is 1. The van der Waals surface area contributed by atoms with Gasteiger partial charge in [-0.1, -0.05) is 5.21 Å². The fourth-order valence-corrected chi connectivity index (χ4v) is 3.17. The number of piperidine rings is 1. The predicted molar refractivity (Wildman–Crippen MR) is 89.9 cm³/mol. The lowest BCUT2D eigenvalue weighted by Crippen LogP contribution is -2.35. The Bertz CT molecular complexity index is 670. The molecule has 0 aromatic carbocycles. The summed E-state index contributed by atoms with van der Waals surface area (Å²) in [7, 11) is 2.09. The molecule has 1 saturated heterocycles. The number of aryl methyl sites for hydroxylation is 1. The highest BCUT2D eigenvalue weighted by atomic mass is 16.2. The molecule has 0 radical (unpaired) electrons. The van der Waals surface area contributed by atoms with Gasteiger partial charge in [-0.2, -0.15) is 0 Å². The smallest absolute Gasteiger partial charge is 0.312 e. The van der Waals surface area contributed by atoms with E-state index in [1.54, 1.807) is 0 Å². The highest BCUT2D eigenvalue weighted by molar-refractivity contribution is 5.71. The van der Waals surface area contributed by atoms with Crippen LogP contribution in [0.4, 0.5) is 4.79 Å². The number of aromatic nitrogens is 4. The molecule has 3 N–H and O–H groups in total. The number of likely N-dealkylation sites (tertiary alicyclic amines) is 1. The first-order chi connectivity index (χ1) is 11.6. The number of amides is 2. The summed E-state index contributed by atoms with van der Waals surface area (Å²) in [5.41, 5.74) is 7.15. The third-order valence-electron chi connectivity index (χ3n) is 4.62. The molecule has 0 aliphatic carbocycles. The minimum Gasteiger partial charge on any atom is -0.353 e. The Labute approximate surface area is 141 Å². The summed E-state index contributed by atoms with van der Waals surface area (Å²) in [5.74, 6) is 0.619. The number of rotatable bonds is 6. The molecule has 0 atom stereocenters. The van der Waals surface area contributed by atoms with E-state index in [0.29, 0.717) is 12.5 Å². The van der Waals surface area contributed by atoms with Crippen molar-refractivity contribution in [1.29, 1.82) is 0 Å². The number of nitrogens with zero attached hydrogens (tertiary/aromatic N) is 5. The molecule has 24 heavy (non-hydrogen) atoms. The highest BCUT2D eigenvalue weighted by Crippen LogP contribution is 2.20. The van der Waals surface area contributed by atoms with Crippen LogP contribution in [0, 0.1) is 5.92 Å². The zero-order chi connectivity index (χ0) is 16.9. The van der Waals surface area contributed by atoms with Gasteiger partial charge >= 0.3 is 6.03 Å². The molecule has 0 unspecified atom stereocenters. The normalized spacial score (nSPS) is 16.4. The van der Waals surface area contributed by atoms with Crippen molar-refractivity contribution in [2.24, 2.45) is 18.7 Å². The van der Waals surface area contributed by atoms with Gasteiger partial charge in [-0.25, -0.2) is 4.79 Å². The monoisotopic (exact) mass is 331 g/mol. The second-order valence-electron chi connectivity index (χ2n) is 6.48. The van der Waals surface area contributed by atoms with Gasteiger partial charge in [-0.3, -0.25) is 9.58 Å². The van der Waals surface area contributed by atoms with Crippen molar-refractivity contribution in [3.05, 3.63) is 35.9 Å². The Morgan fingerprint density at radius 1 is 1.42 bits per heavy atom. The Morgan fingerprint density at radius 2 is 2.21 bits per heavy atom. The van der Waals surface area contributed by atoms with Crippen LogP contribution >= 0.6 is 0 Å². The number of hydrogen-bond acceptors (Lipinski definition) is 4. The van der Waals surface area contributed by atoms with Gasteiger partial charge in [-0.05, 0) is 44.0 Å². The molecule has 3 rings (SSSR count). The molecular formula is C16H25N7O. The van der Waals surface area contributed by atoms with Crippen LogP contribution in [-0.2, 0) is 26.7 Å².